The largest absolute Gasteiger partial charge is 0.444 e. The average Bonchev–Trinajstić information content (AvgIpc) is 3.59. The number of carbonyl (C=O) groups is 2. The lowest BCUT2D eigenvalue weighted by Crippen LogP contribution is -2.40. The number of fused-ring (bicyclic) bond motifs is 1. The van der Waals surface area contributed by atoms with E-state index in [1.165, 1.54) is 0 Å². The first-order chi connectivity index (χ1) is 21.4. The molecule has 0 aliphatic rings. The van der Waals surface area contributed by atoms with E-state index in [2.05, 4.69) is 54.3 Å². The van der Waals surface area contributed by atoms with Gasteiger partial charge in [0.25, 0.3) is 0 Å². The van der Waals surface area contributed by atoms with Gasteiger partial charge in [-0.2, -0.15) is 0 Å². The fraction of sp³-hybridized carbons (Fsp3) is 0.389. The van der Waals surface area contributed by atoms with Crippen LogP contribution in [0.5, 0.6) is 0 Å². The number of ether oxygens (including phenoxy) is 2. The van der Waals surface area contributed by atoms with E-state index in [9.17, 15) is 9.59 Å². The smallest absolute Gasteiger partial charge is 0.408 e. The predicted octanol–water partition coefficient (Wildman–Crippen LogP) is 6.72. The molecular weight excluding hydrogens is 580 g/mol. The number of benzene rings is 2. The van der Waals surface area contributed by atoms with Gasteiger partial charge >= 0.3 is 12.2 Å². The number of aromatic amines is 2. The molecule has 0 saturated carbocycles. The molecule has 0 spiro atoms. The summed E-state index contributed by atoms with van der Waals surface area (Å²) in [5, 5.41) is 7.69. The lowest BCUT2D eigenvalue weighted by Gasteiger charge is -2.31. The first kappa shape index (κ1) is 33.7. The molecule has 4 N–H and O–H groups in total. The molecule has 0 aliphatic heterocycles. The summed E-state index contributed by atoms with van der Waals surface area (Å²) in [6.07, 6.45) is 2.30. The summed E-state index contributed by atoms with van der Waals surface area (Å²) in [4.78, 5) is 39.5. The van der Waals surface area contributed by atoms with Crippen molar-refractivity contribution in [3.8, 4) is 23.7 Å². The van der Waals surface area contributed by atoms with Crippen LogP contribution in [0.4, 0.5) is 9.59 Å². The highest BCUT2D eigenvalue weighted by Gasteiger charge is 2.32. The van der Waals surface area contributed by atoms with E-state index in [0.717, 1.165) is 21.9 Å². The highest BCUT2D eigenvalue weighted by molar-refractivity contribution is 5.85. The van der Waals surface area contributed by atoms with Crippen molar-refractivity contribution in [1.29, 1.82) is 0 Å². The predicted molar refractivity (Wildman–Crippen MR) is 178 cm³/mol. The Morgan fingerprint density at radius 3 is 1.80 bits per heavy atom. The van der Waals surface area contributed by atoms with Gasteiger partial charge in [0.1, 0.15) is 34.2 Å². The Hall–Kier alpha value is -5.22. The third kappa shape index (κ3) is 10.2. The third-order valence-corrected chi connectivity index (χ3v) is 6.35. The number of nitrogens with zero attached hydrogens (tertiary/aromatic N) is 2. The second kappa shape index (κ2) is 13.4. The Labute approximate surface area is 270 Å². The molecule has 0 radical (unpaired) electrons. The molecule has 1 unspecified atom stereocenters. The molecule has 0 aliphatic carbocycles. The summed E-state index contributed by atoms with van der Waals surface area (Å²) in [7, 11) is 0. The minimum atomic E-state index is -0.601. The van der Waals surface area contributed by atoms with Crippen LogP contribution in [0.1, 0.15) is 103 Å². The number of aromatic nitrogens is 4. The Kier molecular flexibility index (Phi) is 9.82. The lowest BCUT2D eigenvalue weighted by atomic mass is 9.86. The standard InChI is InChI=1S/C36H42N6O4/c1-34(2,3)30(42-33(44)46-36(7,8)9)31-38-21-28(41-31)17-13-24-11-15-25-18-23(10-14-26(25)19-24)12-16-27-20-37-29(40-27)22-39-32(43)45-35(4,5)6/h10-11,14-15,18-21,30H,22H2,1-9H3,(H,37,40)(H,38,41)(H,39,43)(H,42,44). The van der Waals surface area contributed by atoms with Gasteiger partial charge in [0.2, 0.25) is 0 Å². The van der Waals surface area contributed by atoms with Gasteiger partial charge < -0.3 is 30.1 Å². The summed E-state index contributed by atoms with van der Waals surface area (Å²) in [6.45, 7) is 17.2. The van der Waals surface area contributed by atoms with Gasteiger partial charge in [0, 0.05) is 11.1 Å². The van der Waals surface area contributed by atoms with Crippen LogP contribution in [0.15, 0.2) is 48.8 Å². The molecule has 1 atom stereocenters. The summed E-state index contributed by atoms with van der Waals surface area (Å²) >= 11 is 0. The second-order valence-electron chi connectivity index (χ2n) is 14.0. The molecule has 4 rings (SSSR count). The summed E-state index contributed by atoms with van der Waals surface area (Å²) in [5.41, 5.74) is 1.51. The highest BCUT2D eigenvalue weighted by Crippen LogP contribution is 2.31. The van der Waals surface area contributed by atoms with Crippen LogP contribution in [0, 0.1) is 29.1 Å². The molecule has 4 aromatic rings. The third-order valence-electron chi connectivity index (χ3n) is 6.35. The van der Waals surface area contributed by atoms with Gasteiger partial charge in [0.15, 0.2) is 0 Å². The zero-order chi connectivity index (χ0) is 33.7. The molecule has 0 bridgehead atoms. The van der Waals surface area contributed by atoms with Crippen molar-refractivity contribution in [2.24, 2.45) is 5.41 Å². The Morgan fingerprint density at radius 2 is 1.26 bits per heavy atom. The first-order valence-electron chi connectivity index (χ1n) is 15.1. The number of carbonyl (C=O) groups excluding carboxylic acids is 2. The highest BCUT2D eigenvalue weighted by atomic mass is 16.6. The van der Waals surface area contributed by atoms with Crippen molar-refractivity contribution >= 4 is 23.0 Å². The van der Waals surface area contributed by atoms with Crippen LogP contribution < -0.4 is 10.6 Å². The summed E-state index contributed by atoms with van der Waals surface area (Å²) < 4.78 is 10.7. The number of nitrogens with one attached hydrogen (secondary N) is 4. The summed E-state index contributed by atoms with van der Waals surface area (Å²) in [6, 6.07) is 11.6. The molecule has 10 nitrogen and oxygen atoms in total. The number of rotatable bonds is 4. The van der Waals surface area contributed by atoms with Gasteiger partial charge in [-0.1, -0.05) is 44.7 Å². The van der Waals surface area contributed by atoms with E-state index in [1.54, 1.807) is 12.4 Å². The fourth-order valence-electron chi connectivity index (χ4n) is 4.33. The number of amides is 2. The van der Waals surface area contributed by atoms with Crippen LogP contribution in [0.25, 0.3) is 10.8 Å². The van der Waals surface area contributed by atoms with Crippen molar-refractivity contribution < 1.29 is 19.1 Å². The lowest BCUT2D eigenvalue weighted by molar-refractivity contribution is 0.0456. The zero-order valence-electron chi connectivity index (χ0n) is 27.9. The average molecular weight is 623 g/mol. The monoisotopic (exact) mass is 622 g/mol. The maximum absolute atomic E-state index is 12.5. The number of hydrogen-bond donors (Lipinski definition) is 4. The molecule has 2 heterocycles. The van der Waals surface area contributed by atoms with Crippen LogP contribution in [-0.4, -0.2) is 43.3 Å². The Morgan fingerprint density at radius 1 is 0.739 bits per heavy atom. The summed E-state index contributed by atoms with van der Waals surface area (Å²) in [5.74, 6) is 13.8. The van der Waals surface area contributed by atoms with Crippen LogP contribution >= 0.6 is 0 Å². The van der Waals surface area contributed by atoms with E-state index < -0.39 is 29.4 Å². The number of imidazole rings is 2. The SMILES string of the molecule is CC(C)(C)OC(=O)NCc1ncc(C#Cc2ccc3cc(C#Cc4cnc(C(NC(=O)OC(C)(C)C)C(C)(C)C)[nH]4)ccc3c2)[nH]1. The molecule has 2 amide bonds. The van der Waals surface area contributed by atoms with Gasteiger partial charge in [-0.05, 0) is 93.8 Å². The number of hydrogen-bond acceptors (Lipinski definition) is 6. The Bertz CT molecular complexity index is 1840. The second-order valence-corrected chi connectivity index (χ2v) is 14.0. The molecule has 0 fully saturated rings. The van der Waals surface area contributed by atoms with Crippen LogP contribution in [0.3, 0.4) is 0 Å². The van der Waals surface area contributed by atoms with Gasteiger partial charge in [0.05, 0.1) is 25.0 Å². The molecule has 46 heavy (non-hydrogen) atoms. The van der Waals surface area contributed by atoms with Crippen LogP contribution in [-0.2, 0) is 16.0 Å². The first-order valence-corrected chi connectivity index (χ1v) is 15.1. The number of alkyl carbamates (subject to hydrolysis) is 2. The maximum Gasteiger partial charge on any atom is 0.408 e. The van der Waals surface area contributed by atoms with Crippen molar-refractivity contribution in [2.75, 3.05) is 0 Å². The minimum Gasteiger partial charge on any atom is -0.444 e. The maximum atomic E-state index is 12.5. The van der Waals surface area contributed by atoms with E-state index in [4.69, 9.17) is 9.47 Å². The minimum absolute atomic E-state index is 0.210. The zero-order valence-corrected chi connectivity index (χ0v) is 27.9. The van der Waals surface area contributed by atoms with E-state index >= 15 is 0 Å². The van der Waals surface area contributed by atoms with Gasteiger partial charge in [-0.3, -0.25) is 0 Å². The van der Waals surface area contributed by atoms with E-state index in [0.29, 0.717) is 23.0 Å². The topological polar surface area (TPSA) is 134 Å². The quantitative estimate of drug-likeness (QED) is 0.187. The van der Waals surface area contributed by atoms with Crippen molar-refractivity contribution in [1.82, 2.24) is 30.6 Å². The molecular formula is C36H42N6O4. The van der Waals surface area contributed by atoms with E-state index in [1.807, 2.05) is 98.7 Å². The molecule has 2 aromatic heterocycles. The van der Waals surface area contributed by atoms with Crippen molar-refractivity contribution in [2.45, 2.75) is 86.1 Å². The Balaban J connectivity index is 1.41. The normalized spacial score (nSPS) is 12.3. The van der Waals surface area contributed by atoms with Gasteiger partial charge in [-0.15, -0.1) is 0 Å². The molecule has 240 valence electrons. The van der Waals surface area contributed by atoms with Crippen LogP contribution in [0.2, 0.25) is 0 Å². The van der Waals surface area contributed by atoms with Crippen molar-refractivity contribution in [3.63, 3.8) is 0 Å². The molecule has 0 saturated heterocycles. The number of H-pyrrole nitrogens is 2. The van der Waals surface area contributed by atoms with Gasteiger partial charge in [-0.25, -0.2) is 19.6 Å². The molecule has 10 heteroatoms. The fourth-order valence-corrected chi connectivity index (χ4v) is 4.33. The van der Waals surface area contributed by atoms with Crippen molar-refractivity contribution in [3.05, 3.63) is 83.0 Å². The molecule has 2 aromatic carbocycles. The van der Waals surface area contributed by atoms with E-state index in [-0.39, 0.29) is 12.0 Å².